The molecule has 46 heavy (non-hydrogen) atoms. The number of nitrogens with one attached hydrogen (secondary N) is 1. The average Bonchev–Trinajstić information content (AvgIpc) is 3.54. The first-order valence-corrected chi connectivity index (χ1v) is 14.3. The Morgan fingerprint density at radius 3 is 2.52 bits per heavy atom. The lowest BCUT2D eigenvalue weighted by Crippen LogP contribution is -2.47. The van der Waals surface area contributed by atoms with Crippen molar-refractivity contribution in [3.05, 3.63) is 35.8 Å². The van der Waals surface area contributed by atoms with E-state index in [-0.39, 0.29) is 49.7 Å². The zero-order chi connectivity index (χ0) is 33.6. The molecule has 2 aliphatic rings. The first kappa shape index (κ1) is 33.2. The fraction of sp³-hybridized carbons (Fsp3) is 0.536. The van der Waals surface area contributed by atoms with Crippen LogP contribution in [-0.4, -0.2) is 110 Å². The molecule has 0 saturated carbocycles. The first-order valence-electron chi connectivity index (χ1n) is 14.3. The van der Waals surface area contributed by atoms with E-state index in [9.17, 15) is 41.0 Å². The summed E-state index contributed by atoms with van der Waals surface area (Å²) in [7, 11) is 1.26. The van der Waals surface area contributed by atoms with Crippen LogP contribution < -0.4 is 15.8 Å². The molecule has 0 radical (unpaired) electrons. The van der Waals surface area contributed by atoms with Crippen molar-refractivity contribution in [3.8, 4) is 17.1 Å². The van der Waals surface area contributed by atoms with Crippen LogP contribution in [0.15, 0.2) is 24.7 Å². The van der Waals surface area contributed by atoms with Gasteiger partial charge in [0.2, 0.25) is 11.8 Å². The normalized spacial score (nSPS) is 21.7. The number of fused-ring (bicyclic) bond motifs is 1. The molecule has 250 valence electrons. The van der Waals surface area contributed by atoms with E-state index in [0.717, 1.165) is 4.90 Å². The number of hydrogen-bond acceptors (Lipinski definition) is 9. The van der Waals surface area contributed by atoms with E-state index in [4.69, 9.17) is 10.5 Å². The highest BCUT2D eigenvalue weighted by Crippen LogP contribution is 2.35. The molecule has 0 aromatic carbocycles. The topological polar surface area (TPSA) is 151 Å². The second-order valence-corrected chi connectivity index (χ2v) is 11.7. The highest BCUT2D eigenvalue weighted by Gasteiger charge is 2.52. The van der Waals surface area contributed by atoms with Gasteiger partial charge in [-0.2, -0.15) is 18.3 Å². The van der Waals surface area contributed by atoms with Crippen molar-refractivity contribution >= 4 is 23.1 Å². The number of carbonyl (C=O) groups is 2. The molecule has 2 aliphatic heterocycles. The number of nitrogens with zero attached hydrogens (tertiary/aromatic N) is 6. The second kappa shape index (κ2) is 12.2. The summed E-state index contributed by atoms with van der Waals surface area (Å²) in [6, 6.07) is 1.87. The van der Waals surface area contributed by atoms with Crippen molar-refractivity contribution < 1.29 is 45.8 Å². The number of piperidine rings is 1. The van der Waals surface area contributed by atoms with Crippen LogP contribution in [0.25, 0.3) is 16.8 Å². The minimum absolute atomic E-state index is 0.117. The molecule has 5 heterocycles. The third-order valence-corrected chi connectivity index (χ3v) is 8.25. The van der Waals surface area contributed by atoms with E-state index in [1.54, 1.807) is 6.07 Å². The third kappa shape index (κ3) is 6.67. The number of carbonyl (C=O) groups excluding carboxylic acids is 2. The van der Waals surface area contributed by atoms with Crippen LogP contribution in [0.5, 0.6) is 5.88 Å². The molecule has 0 bridgehead atoms. The molecular weight excluding hydrogens is 626 g/mol. The smallest absolute Gasteiger partial charge is 0.417 e. The molecule has 4 N–H and O–H groups in total. The molecule has 18 heteroatoms. The molecule has 0 aliphatic carbocycles. The average molecular weight is 659 g/mol. The van der Waals surface area contributed by atoms with Crippen LogP contribution in [0, 0.1) is 0 Å². The Bertz CT molecular complexity index is 1620. The van der Waals surface area contributed by atoms with Crippen molar-refractivity contribution in [2.45, 2.75) is 62.6 Å². The van der Waals surface area contributed by atoms with Gasteiger partial charge >= 0.3 is 6.18 Å². The highest BCUT2D eigenvalue weighted by molar-refractivity contribution is 5.98. The minimum Gasteiger partial charge on any atom is -0.480 e. The summed E-state index contributed by atoms with van der Waals surface area (Å²) in [5.74, 6) is -4.66. The van der Waals surface area contributed by atoms with E-state index in [1.807, 2.05) is 4.90 Å². The maximum atomic E-state index is 14.9. The summed E-state index contributed by atoms with van der Waals surface area (Å²) in [6.45, 7) is 0.0571. The minimum atomic E-state index is -5.07. The predicted molar refractivity (Wildman–Crippen MR) is 151 cm³/mol. The molecule has 3 aromatic heterocycles. The number of methoxy groups -OCH3 is 1. The molecule has 3 aromatic rings. The fourth-order valence-electron chi connectivity index (χ4n) is 5.52. The first-order chi connectivity index (χ1) is 21.5. The number of nitrogens with two attached hydrogens (primary N) is 1. The monoisotopic (exact) mass is 658 g/mol. The number of aliphatic hydroxyl groups is 1. The molecular formula is C28H32F6N8O4. The number of halogens is 6. The molecule has 12 nitrogen and oxygen atoms in total. The lowest BCUT2D eigenvalue weighted by atomic mass is 10.0. The standard InChI is InChI=1S/C28H32F6N8O4/c1-26(45,28(32,33)34)9-21(43)41-12-18(29)19(13-41)39-24(44)17-7-15(10-36-25(17)46-2)20-8-16(22-23(35)37-14-38-42(20)22)11-40-5-3-27(30,31)4-6-40/h7-8,10,14,18-19,45H,3-6,9,11-13H2,1-2H3,(H,39,44)(H2,35,37,38)/t18-,19+,26?/m0/s1. The summed E-state index contributed by atoms with van der Waals surface area (Å²) >= 11 is 0. The van der Waals surface area contributed by atoms with Crippen LogP contribution in [0.2, 0.25) is 0 Å². The number of alkyl halides is 6. The number of aromatic nitrogens is 4. The predicted octanol–water partition coefficient (Wildman–Crippen LogP) is 2.60. The molecule has 5 rings (SSSR count). The van der Waals surface area contributed by atoms with Gasteiger partial charge < -0.3 is 25.8 Å². The van der Waals surface area contributed by atoms with Gasteiger partial charge in [-0.25, -0.2) is 27.7 Å². The van der Waals surface area contributed by atoms with Crippen molar-refractivity contribution in [1.29, 1.82) is 0 Å². The molecule has 2 amide bonds. The van der Waals surface area contributed by atoms with Crippen LogP contribution in [0.1, 0.15) is 42.1 Å². The summed E-state index contributed by atoms with van der Waals surface area (Å²) in [5.41, 5.74) is 4.64. The Hall–Kier alpha value is -4.19. The quantitative estimate of drug-likeness (QED) is 0.311. The zero-order valence-corrected chi connectivity index (χ0v) is 24.8. The van der Waals surface area contributed by atoms with Gasteiger partial charge in [-0.15, -0.1) is 0 Å². The largest absolute Gasteiger partial charge is 0.480 e. The number of rotatable bonds is 8. The van der Waals surface area contributed by atoms with Crippen molar-refractivity contribution in [3.63, 3.8) is 0 Å². The molecule has 3 atom stereocenters. The van der Waals surface area contributed by atoms with E-state index >= 15 is 0 Å². The maximum Gasteiger partial charge on any atom is 0.417 e. The van der Waals surface area contributed by atoms with Gasteiger partial charge in [-0.3, -0.25) is 14.5 Å². The van der Waals surface area contributed by atoms with Crippen LogP contribution >= 0.6 is 0 Å². The van der Waals surface area contributed by atoms with E-state index in [0.29, 0.717) is 29.3 Å². The number of ether oxygens (including phenoxy) is 1. The number of pyridine rings is 1. The summed E-state index contributed by atoms with van der Waals surface area (Å²) in [5, 5.41) is 16.4. The summed E-state index contributed by atoms with van der Waals surface area (Å²) in [4.78, 5) is 36.7. The van der Waals surface area contributed by atoms with E-state index < -0.39 is 61.2 Å². The highest BCUT2D eigenvalue weighted by atomic mass is 19.4. The van der Waals surface area contributed by atoms with Crippen LogP contribution in [0.4, 0.5) is 32.2 Å². The lowest BCUT2D eigenvalue weighted by molar-refractivity contribution is -0.254. The van der Waals surface area contributed by atoms with Crippen LogP contribution in [0.3, 0.4) is 0 Å². The third-order valence-electron chi connectivity index (χ3n) is 8.25. The molecule has 2 saturated heterocycles. The Labute approximate surface area is 258 Å². The number of amides is 2. The van der Waals surface area contributed by atoms with E-state index in [1.165, 1.54) is 30.2 Å². The summed E-state index contributed by atoms with van der Waals surface area (Å²) in [6.07, 6.45) is -6.12. The van der Waals surface area contributed by atoms with Gasteiger partial charge in [0.1, 0.15) is 23.6 Å². The Morgan fingerprint density at radius 2 is 1.87 bits per heavy atom. The van der Waals surface area contributed by atoms with Gasteiger partial charge in [0.25, 0.3) is 11.8 Å². The van der Waals surface area contributed by atoms with Crippen molar-refractivity contribution in [1.82, 2.24) is 34.7 Å². The Balaban J connectivity index is 1.37. The van der Waals surface area contributed by atoms with Gasteiger partial charge in [0, 0.05) is 50.8 Å². The fourth-order valence-corrected chi connectivity index (χ4v) is 5.52. The van der Waals surface area contributed by atoms with Crippen molar-refractivity contribution in [2.75, 3.05) is 39.0 Å². The maximum absolute atomic E-state index is 14.9. The Kier molecular flexibility index (Phi) is 8.80. The van der Waals surface area contributed by atoms with Gasteiger partial charge in [-0.1, -0.05) is 0 Å². The second-order valence-electron chi connectivity index (χ2n) is 11.7. The van der Waals surface area contributed by atoms with Crippen LogP contribution in [-0.2, 0) is 11.3 Å². The molecule has 0 spiro atoms. The lowest BCUT2D eigenvalue weighted by Gasteiger charge is -2.31. The van der Waals surface area contributed by atoms with Gasteiger partial charge in [0.15, 0.2) is 11.4 Å². The molecule has 1 unspecified atom stereocenters. The van der Waals surface area contributed by atoms with Crippen molar-refractivity contribution in [2.24, 2.45) is 0 Å². The number of anilines is 1. The summed E-state index contributed by atoms with van der Waals surface area (Å²) < 4.78 is 88.2. The Morgan fingerprint density at radius 1 is 1.17 bits per heavy atom. The van der Waals surface area contributed by atoms with Gasteiger partial charge in [0.05, 0.1) is 31.8 Å². The SMILES string of the molecule is COc1ncc(-c2cc(CN3CCC(F)(F)CC3)c3c(N)ncnn23)cc1C(=O)N[C@@H]1CN(C(=O)CC(C)(O)C(F)(F)F)C[C@@H]1F. The molecule has 2 fully saturated rings. The number of nitrogen functional groups attached to an aromatic ring is 1. The van der Waals surface area contributed by atoms with E-state index in [2.05, 4.69) is 20.4 Å². The zero-order valence-electron chi connectivity index (χ0n) is 24.8. The number of hydrogen-bond donors (Lipinski definition) is 3. The van der Waals surface area contributed by atoms with Gasteiger partial charge in [-0.05, 0) is 24.6 Å². The number of likely N-dealkylation sites (tertiary alicyclic amines) is 2.